The molecule has 0 radical (unpaired) electrons. The third-order valence-corrected chi connectivity index (χ3v) is 3.20. The molecule has 6 atom stereocenters. The molecule has 18 heavy (non-hydrogen) atoms. The Morgan fingerprint density at radius 3 is 2.11 bits per heavy atom. The summed E-state index contributed by atoms with van der Waals surface area (Å²) in [5.74, 6) is 0. The van der Waals surface area contributed by atoms with E-state index in [-0.39, 0.29) is 13.0 Å². The van der Waals surface area contributed by atoms with E-state index < -0.39 is 36.1 Å². The maximum Gasteiger partial charge on any atom is 0.125 e. The minimum Gasteiger partial charge on any atom is -0.387 e. The first-order valence-electron chi connectivity index (χ1n) is 5.68. The molecule has 0 saturated heterocycles. The van der Waals surface area contributed by atoms with Gasteiger partial charge in [-0.15, -0.1) is 13.2 Å². The lowest BCUT2D eigenvalue weighted by Crippen LogP contribution is -2.71. The molecule has 6 heteroatoms. The first-order valence-corrected chi connectivity index (χ1v) is 5.68. The van der Waals surface area contributed by atoms with Crippen molar-refractivity contribution in [1.29, 1.82) is 0 Å². The zero-order chi connectivity index (χ0) is 13.9. The van der Waals surface area contributed by atoms with Gasteiger partial charge in [0.1, 0.15) is 36.1 Å². The van der Waals surface area contributed by atoms with E-state index in [1.807, 2.05) is 0 Å². The van der Waals surface area contributed by atoms with Gasteiger partial charge in [0.2, 0.25) is 0 Å². The third-order valence-electron chi connectivity index (χ3n) is 3.20. The van der Waals surface area contributed by atoms with E-state index in [9.17, 15) is 25.5 Å². The second-order valence-corrected chi connectivity index (χ2v) is 4.44. The van der Waals surface area contributed by atoms with Gasteiger partial charge in [-0.05, 0) is 6.42 Å². The van der Waals surface area contributed by atoms with Crippen molar-refractivity contribution < 1.29 is 30.3 Å². The highest BCUT2D eigenvalue weighted by molar-refractivity contribution is 5.11. The van der Waals surface area contributed by atoms with Crippen LogP contribution in [0.1, 0.15) is 6.42 Å². The average Bonchev–Trinajstić information content (AvgIpc) is 2.35. The number of hydrogen-bond acceptors (Lipinski definition) is 6. The quantitative estimate of drug-likeness (QED) is 0.378. The van der Waals surface area contributed by atoms with E-state index in [0.717, 1.165) is 0 Å². The van der Waals surface area contributed by atoms with Gasteiger partial charge in [0.15, 0.2) is 0 Å². The lowest BCUT2D eigenvalue weighted by Gasteiger charge is -2.49. The van der Waals surface area contributed by atoms with Crippen LogP contribution in [0, 0.1) is 0 Å². The molecule has 0 aromatic heterocycles. The molecule has 0 aromatic rings. The van der Waals surface area contributed by atoms with Crippen LogP contribution in [0.2, 0.25) is 0 Å². The third kappa shape index (κ3) is 2.49. The van der Waals surface area contributed by atoms with Crippen LogP contribution >= 0.6 is 0 Å². The second-order valence-electron chi connectivity index (χ2n) is 4.44. The highest BCUT2D eigenvalue weighted by Crippen LogP contribution is 2.35. The van der Waals surface area contributed by atoms with Crippen molar-refractivity contribution in [3.8, 4) is 0 Å². The molecule has 1 saturated carbocycles. The summed E-state index contributed by atoms with van der Waals surface area (Å²) in [5, 5.41) is 49.3. The van der Waals surface area contributed by atoms with Crippen molar-refractivity contribution in [2.24, 2.45) is 0 Å². The molecule has 104 valence electrons. The Kier molecular flexibility index (Phi) is 5.03. The summed E-state index contributed by atoms with van der Waals surface area (Å²) in [6.07, 6.45) is -5.03. The normalized spacial score (nSPS) is 44.6. The van der Waals surface area contributed by atoms with Gasteiger partial charge in [-0.3, -0.25) is 0 Å². The molecule has 0 aromatic carbocycles. The van der Waals surface area contributed by atoms with E-state index in [1.165, 1.54) is 12.2 Å². The minimum absolute atomic E-state index is 0.0245. The fourth-order valence-corrected chi connectivity index (χ4v) is 2.21. The van der Waals surface area contributed by atoms with Gasteiger partial charge in [-0.25, -0.2) is 0 Å². The monoisotopic (exact) mass is 260 g/mol. The van der Waals surface area contributed by atoms with Crippen LogP contribution in [0.3, 0.4) is 0 Å². The molecule has 0 spiro atoms. The lowest BCUT2D eigenvalue weighted by atomic mass is 9.73. The average molecular weight is 260 g/mol. The molecule has 0 amide bonds. The standard InChI is InChI=1S/C12H20O6/c1-3-5-12(17)10(16)8(14)7(13)9(15)11(12)18-6-4-2/h3-4,7-11,13-17H,1-2,5-6H2/t7-,8-,9+,10+,11-,12+/m1/s1. The fraction of sp³-hybridized carbons (Fsp3) is 0.667. The number of ether oxygens (including phenoxy) is 1. The molecule has 0 heterocycles. The van der Waals surface area contributed by atoms with Crippen LogP contribution in [0.25, 0.3) is 0 Å². The summed E-state index contributed by atoms with van der Waals surface area (Å²) >= 11 is 0. The molecule has 0 unspecified atom stereocenters. The van der Waals surface area contributed by atoms with Gasteiger partial charge in [0.05, 0.1) is 6.61 Å². The molecule has 0 aliphatic heterocycles. The molecule has 1 fully saturated rings. The van der Waals surface area contributed by atoms with Crippen molar-refractivity contribution >= 4 is 0 Å². The lowest BCUT2D eigenvalue weighted by molar-refractivity contribution is -0.275. The smallest absolute Gasteiger partial charge is 0.125 e. The van der Waals surface area contributed by atoms with Crippen LogP contribution in [0.15, 0.2) is 25.3 Å². The van der Waals surface area contributed by atoms with Crippen LogP contribution in [-0.4, -0.2) is 68.3 Å². The van der Waals surface area contributed by atoms with E-state index >= 15 is 0 Å². The van der Waals surface area contributed by atoms with Crippen LogP contribution in [0.5, 0.6) is 0 Å². The molecule has 1 aliphatic rings. The van der Waals surface area contributed by atoms with Gasteiger partial charge in [-0.1, -0.05) is 12.2 Å². The van der Waals surface area contributed by atoms with E-state index in [0.29, 0.717) is 0 Å². The second kappa shape index (κ2) is 5.92. The van der Waals surface area contributed by atoms with Gasteiger partial charge in [0.25, 0.3) is 0 Å². The zero-order valence-corrected chi connectivity index (χ0v) is 10.0. The first-order chi connectivity index (χ1) is 8.40. The van der Waals surface area contributed by atoms with E-state index in [2.05, 4.69) is 13.2 Å². The van der Waals surface area contributed by atoms with Crippen molar-refractivity contribution in [3.63, 3.8) is 0 Å². The Balaban J connectivity index is 3.04. The molecule has 6 nitrogen and oxygen atoms in total. The number of hydrogen-bond donors (Lipinski definition) is 5. The van der Waals surface area contributed by atoms with Crippen molar-refractivity contribution in [3.05, 3.63) is 25.3 Å². The van der Waals surface area contributed by atoms with Crippen LogP contribution < -0.4 is 0 Å². The van der Waals surface area contributed by atoms with Gasteiger partial charge < -0.3 is 30.3 Å². The summed E-state index contributed by atoms with van der Waals surface area (Å²) < 4.78 is 5.20. The predicted molar refractivity (Wildman–Crippen MR) is 63.7 cm³/mol. The Morgan fingerprint density at radius 1 is 1.00 bits per heavy atom. The summed E-state index contributed by atoms with van der Waals surface area (Å²) in [6.45, 7) is 6.90. The number of rotatable bonds is 5. The Labute approximate surface area is 105 Å². The van der Waals surface area contributed by atoms with Crippen LogP contribution in [0.4, 0.5) is 0 Å². The van der Waals surface area contributed by atoms with Gasteiger partial charge in [-0.2, -0.15) is 0 Å². The van der Waals surface area contributed by atoms with E-state index in [4.69, 9.17) is 4.74 Å². The molecule has 0 bridgehead atoms. The van der Waals surface area contributed by atoms with Crippen molar-refractivity contribution in [2.45, 2.75) is 42.5 Å². The molecular formula is C12H20O6. The predicted octanol–water partition coefficient (Wildman–Crippen LogP) is -1.68. The largest absolute Gasteiger partial charge is 0.387 e. The molecule has 1 aliphatic carbocycles. The van der Waals surface area contributed by atoms with Gasteiger partial charge in [0, 0.05) is 0 Å². The Bertz CT molecular complexity index is 307. The first kappa shape index (κ1) is 15.3. The minimum atomic E-state index is -1.91. The van der Waals surface area contributed by atoms with Crippen molar-refractivity contribution in [2.75, 3.05) is 6.61 Å². The number of aliphatic hydroxyl groups is 5. The summed E-state index contributed by atoms with van der Waals surface area (Å²) in [5.41, 5.74) is -1.91. The molecule has 1 rings (SSSR count). The summed E-state index contributed by atoms with van der Waals surface area (Å²) in [7, 11) is 0. The number of aliphatic hydroxyl groups excluding tert-OH is 4. The summed E-state index contributed by atoms with van der Waals surface area (Å²) in [4.78, 5) is 0. The highest BCUT2D eigenvalue weighted by atomic mass is 16.5. The summed E-state index contributed by atoms with van der Waals surface area (Å²) in [6, 6.07) is 0. The fourth-order valence-electron chi connectivity index (χ4n) is 2.21. The Morgan fingerprint density at radius 2 is 1.61 bits per heavy atom. The van der Waals surface area contributed by atoms with Crippen LogP contribution in [-0.2, 0) is 4.74 Å². The van der Waals surface area contributed by atoms with E-state index in [1.54, 1.807) is 0 Å². The maximum absolute atomic E-state index is 10.4. The molecular weight excluding hydrogens is 240 g/mol. The highest BCUT2D eigenvalue weighted by Gasteiger charge is 2.57. The maximum atomic E-state index is 10.4. The Hall–Kier alpha value is -0.760. The van der Waals surface area contributed by atoms with Gasteiger partial charge >= 0.3 is 0 Å². The molecule has 5 N–H and O–H groups in total. The SMILES string of the molecule is C=CCO[C@@H]1[C@@H](O)[C@H](O)[C@@H](O)[C@H](O)[C@@]1(O)CC=C. The zero-order valence-electron chi connectivity index (χ0n) is 10.0. The van der Waals surface area contributed by atoms with Crippen molar-refractivity contribution in [1.82, 2.24) is 0 Å². The topological polar surface area (TPSA) is 110 Å².